The second kappa shape index (κ2) is 7.91. The second-order valence-electron chi connectivity index (χ2n) is 4.23. The van der Waals surface area contributed by atoms with Crippen molar-refractivity contribution >= 4 is 5.97 Å². The molecule has 144 valence electrons. The fourth-order valence-electron chi connectivity index (χ4n) is 1.14. The Morgan fingerprint density at radius 1 is 0.800 bits per heavy atom. The van der Waals surface area contributed by atoms with Crippen LogP contribution < -0.4 is 0 Å². The summed E-state index contributed by atoms with van der Waals surface area (Å²) in [5.41, 5.74) is 0.606. The molecule has 1 rings (SSSR count). The number of rotatable bonds is 3. The van der Waals surface area contributed by atoms with Crippen molar-refractivity contribution in [3.05, 3.63) is 35.9 Å². The molecule has 0 saturated carbocycles. The molecule has 0 N–H and O–H groups in total. The maximum atomic E-state index is 11.6. The first-order valence-corrected chi connectivity index (χ1v) is 6.20. The van der Waals surface area contributed by atoms with E-state index in [-0.39, 0.29) is 5.97 Å². The summed E-state index contributed by atoms with van der Waals surface area (Å²) in [5.74, 6) is -14.5. The average Bonchev–Trinajstić information content (AvgIpc) is 2.46. The largest absolute Gasteiger partial charge is 0.462 e. The number of carbonyl (C=O) groups excluding carboxylic acids is 1. The number of alkyl halides is 10. The van der Waals surface area contributed by atoms with E-state index in [0.717, 1.165) is 0 Å². The van der Waals surface area contributed by atoms with Gasteiger partial charge in [0.15, 0.2) is 0 Å². The lowest BCUT2D eigenvalue weighted by atomic mass is 10.1. The van der Waals surface area contributed by atoms with Gasteiger partial charge in [-0.1, -0.05) is 18.2 Å². The summed E-state index contributed by atoms with van der Waals surface area (Å²) in [6, 6.07) is 8.96. The van der Waals surface area contributed by atoms with Crippen molar-refractivity contribution in [2.75, 3.05) is 6.61 Å². The molecular formula is C13H10F10O2. The first kappa shape index (κ1) is 23.0. The zero-order chi connectivity index (χ0) is 20.1. The van der Waals surface area contributed by atoms with Crippen LogP contribution >= 0.6 is 0 Å². The molecule has 0 radical (unpaired) electrons. The molecule has 2 nitrogen and oxygen atoms in total. The lowest BCUT2D eigenvalue weighted by Crippen LogP contribution is -2.59. The van der Waals surface area contributed by atoms with Crippen molar-refractivity contribution in [2.45, 2.75) is 31.1 Å². The van der Waals surface area contributed by atoms with Crippen LogP contribution in [0.3, 0.4) is 0 Å². The van der Waals surface area contributed by atoms with Gasteiger partial charge in [0, 0.05) is 0 Å². The van der Waals surface area contributed by atoms with E-state index in [1.165, 1.54) is 0 Å². The highest BCUT2D eigenvalue weighted by Gasteiger charge is 2.82. The van der Waals surface area contributed by atoms with Crippen LogP contribution in [0.1, 0.15) is 17.3 Å². The zero-order valence-electron chi connectivity index (χ0n) is 12.2. The minimum Gasteiger partial charge on any atom is -0.462 e. The van der Waals surface area contributed by atoms with Gasteiger partial charge in [-0.05, 0) is 19.1 Å². The van der Waals surface area contributed by atoms with E-state index in [4.69, 9.17) is 4.74 Å². The molecule has 0 atom stereocenters. The number of carbonyl (C=O) groups is 1. The van der Waals surface area contributed by atoms with Crippen LogP contribution in [0.5, 0.6) is 0 Å². The second-order valence-corrected chi connectivity index (χ2v) is 4.23. The predicted octanol–water partition coefficient (Wildman–Crippen LogP) is 5.24. The van der Waals surface area contributed by atoms with E-state index in [1.54, 1.807) is 19.1 Å². The van der Waals surface area contributed by atoms with Crippen LogP contribution in [0.4, 0.5) is 43.9 Å². The van der Waals surface area contributed by atoms with E-state index < -0.39 is 24.2 Å². The third-order valence-electron chi connectivity index (χ3n) is 2.39. The van der Waals surface area contributed by atoms with E-state index in [9.17, 15) is 48.7 Å². The van der Waals surface area contributed by atoms with Crippen LogP contribution in [-0.4, -0.2) is 36.8 Å². The van der Waals surface area contributed by atoms with Gasteiger partial charge < -0.3 is 4.74 Å². The Balaban J connectivity index is 0.000000472. The van der Waals surface area contributed by atoms with Gasteiger partial charge in [-0.2, -0.15) is 43.9 Å². The monoisotopic (exact) mass is 388 g/mol. The number of benzene rings is 1. The van der Waals surface area contributed by atoms with Gasteiger partial charge in [0.1, 0.15) is 0 Å². The van der Waals surface area contributed by atoms with Crippen molar-refractivity contribution in [1.82, 2.24) is 0 Å². The van der Waals surface area contributed by atoms with Crippen molar-refractivity contribution in [2.24, 2.45) is 0 Å². The number of ether oxygens (including phenoxy) is 1. The molecule has 0 aliphatic heterocycles. The van der Waals surface area contributed by atoms with Gasteiger partial charge in [-0.3, -0.25) is 0 Å². The van der Waals surface area contributed by atoms with E-state index in [0.29, 0.717) is 12.2 Å². The molecule has 0 fully saturated rings. The van der Waals surface area contributed by atoms with Gasteiger partial charge in [0.2, 0.25) is 0 Å². The zero-order valence-corrected chi connectivity index (χ0v) is 12.2. The predicted molar refractivity (Wildman–Crippen MR) is 64.4 cm³/mol. The molecule has 25 heavy (non-hydrogen) atoms. The molecule has 12 heteroatoms. The molecule has 0 spiro atoms. The van der Waals surface area contributed by atoms with Gasteiger partial charge in [-0.15, -0.1) is 0 Å². The summed E-state index contributed by atoms with van der Waals surface area (Å²) >= 11 is 0. The van der Waals surface area contributed by atoms with Gasteiger partial charge in [0.05, 0.1) is 12.2 Å². The summed E-state index contributed by atoms with van der Waals surface area (Å²) in [6.45, 7) is 2.22. The Morgan fingerprint density at radius 2 is 1.16 bits per heavy atom. The lowest BCUT2D eigenvalue weighted by Gasteiger charge is -2.29. The van der Waals surface area contributed by atoms with Crippen molar-refractivity contribution < 1.29 is 53.4 Å². The van der Waals surface area contributed by atoms with Crippen molar-refractivity contribution in [3.8, 4) is 0 Å². The molecule has 0 aromatic heterocycles. The smallest absolute Gasteiger partial charge is 0.460 e. The normalized spacial score (nSPS) is 12.9. The standard InChI is InChI=1S/C9H10O2.C4F10/c1-2-11-9(10)8-6-4-3-5-7-8;5-1(6,3(9,10)11)2(7,8)4(12,13)14/h3-7H,2H2,1H3;. The highest BCUT2D eigenvalue weighted by Crippen LogP contribution is 2.53. The summed E-state index contributed by atoms with van der Waals surface area (Å²) in [4.78, 5) is 11.0. The Hall–Kier alpha value is -2.01. The Morgan fingerprint density at radius 3 is 1.44 bits per heavy atom. The third kappa shape index (κ3) is 5.49. The maximum Gasteiger partial charge on any atom is 0.460 e. The number of hydrogen-bond acceptors (Lipinski definition) is 2. The van der Waals surface area contributed by atoms with Gasteiger partial charge in [-0.25, -0.2) is 4.79 Å². The van der Waals surface area contributed by atoms with Gasteiger partial charge >= 0.3 is 30.2 Å². The molecule has 0 unspecified atom stereocenters. The summed E-state index contributed by atoms with van der Waals surface area (Å²) < 4.78 is 118. The SMILES string of the molecule is CCOC(=O)c1ccccc1.FC(F)(F)C(F)(F)C(F)(F)C(F)(F)F. The molecule has 0 bridgehead atoms. The number of hydrogen-bond donors (Lipinski definition) is 0. The molecular weight excluding hydrogens is 378 g/mol. The molecule has 1 aromatic carbocycles. The first-order chi connectivity index (χ1) is 11.1. The van der Waals surface area contributed by atoms with E-state index in [2.05, 4.69) is 0 Å². The summed E-state index contributed by atoms with van der Waals surface area (Å²) in [7, 11) is 0. The molecule has 0 amide bonds. The van der Waals surface area contributed by atoms with Crippen LogP contribution in [0.15, 0.2) is 30.3 Å². The van der Waals surface area contributed by atoms with Crippen LogP contribution in [-0.2, 0) is 4.74 Å². The molecule has 0 aliphatic carbocycles. The minimum atomic E-state index is -7.14. The van der Waals surface area contributed by atoms with E-state index >= 15 is 0 Å². The maximum absolute atomic E-state index is 11.6. The first-order valence-electron chi connectivity index (χ1n) is 6.20. The van der Waals surface area contributed by atoms with Crippen LogP contribution in [0, 0.1) is 0 Å². The van der Waals surface area contributed by atoms with Crippen molar-refractivity contribution in [3.63, 3.8) is 0 Å². The molecule has 0 aliphatic rings. The highest BCUT2D eigenvalue weighted by molar-refractivity contribution is 5.89. The lowest BCUT2D eigenvalue weighted by molar-refractivity contribution is -0.419. The van der Waals surface area contributed by atoms with Crippen molar-refractivity contribution in [1.29, 1.82) is 0 Å². The quantitative estimate of drug-likeness (QED) is 0.523. The fourth-order valence-corrected chi connectivity index (χ4v) is 1.14. The third-order valence-corrected chi connectivity index (χ3v) is 2.39. The number of esters is 1. The Bertz CT molecular complexity index is 524. The van der Waals surface area contributed by atoms with E-state index in [1.807, 2.05) is 18.2 Å². The minimum absolute atomic E-state index is 0.256. The highest BCUT2D eigenvalue weighted by atomic mass is 19.4. The fraction of sp³-hybridized carbons (Fsp3) is 0.462. The molecule has 0 saturated heterocycles. The van der Waals surface area contributed by atoms with Crippen LogP contribution in [0.25, 0.3) is 0 Å². The molecule has 0 heterocycles. The van der Waals surface area contributed by atoms with Gasteiger partial charge in [0.25, 0.3) is 0 Å². The Kier molecular flexibility index (Phi) is 7.28. The number of halogens is 10. The summed E-state index contributed by atoms with van der Waals surface area (Å²) in [5, 5.41) is 0. The average molecular weight is 388 g/mol. The molecule has 1 aromatic rings. The summed E-state index contributed by atoms with van der Waals surface area (Å²) in [6.07, 6.45) is -13.9. The Labute approximate surface area is 134 Å². The van der Waals surface area contributed by atoms with Crippen LogP contribution in [0.2, 0.25) is 0 Å². The topological polar surface area (TPSA) is 26.3 Å².